The molecule has 3 N–H and O–H groups in total. The lowest BCUT2D eigenvalue weighted by atomic mass is 10.2. The molecule has 0 radical (unpaired) electrons. The van der Waals surface area contributed by atoms with Gasteiger partial charge in [-0.1, -0.05) is 35.9 Å². The second kappa shape index (κ2) is 9.47. The van der Waals surface area contributed by atoms with E-state index < -0.39 is 23.0 Å². The van der Waals surface area contributed by atoms with Crippen LogP contribution in [0, 0.1) is 0 Å². The lowest BCUT2D eigenvalue weighted by Crippen LogP contribution is -2.43. The second-order valence-electron chi connectivity index (χ2n) is 6.15. The van der Waals surface area contributed by atoms with Crippen molar-refractivity contribution in [3.8, 4) is 5.75 Å². The number of imide groups is 1. The monoisotopic (exact) mass is 445 g/mol. The highest BCUT2D eigenvalue weighted by atomic mass is 35.5. The molecule has 0 spiro atoms. The van der Waals surface area contributed by atoms with E-state index in [2.05, 4.69) is 10.9 Å². The third-order valence-electron chi connectivity index (χ3n) is 4.07. The van der Waals surface area contributed by atoms with Crippen molar-refractivity contribution < 1.29 is 24.3 Å². The molecule has 1 aliphatic heterocycles. The number of nitrogens with one attached hydrogen (secondary N) is 2. The highest BCUT2D eigenvalue weighted by Gasteiger charge is 2.35. The fourth-order valence-corrected chi connectivity index (χ4v) is 3.53. The van der Waals surface area contributed by atoms with Crippen molar-refractivity contribution in [1.29, 1.82) is 0 Å². The highest BCUT2D eigenvalue weighted by Crippen LogP contribution is 2.32. The summed E-state index contributed by atoms with van der Waals surface area (Å²) in [5.41, 5.74) is 5.07. The quantitative estimate of drug-likeness (QED) is 0.481. The molecule has 0 atom stereocenters. The maximum Gasteiger partial charge on any atom is 0.293 e. The Morgan fingerprint density at radius 1 is 1.07 bits per heavy atom. The number of hydrogen-bond acceptors (Lipinski definition) is 6. The van der Waals surface area contributed by atoms with E-state index in [1.807, 2.05) is 0 Å². The summed E-state index contributed by atoms with van der Waals surface area (Å²) < 4.78 is 0. The zero-order valence-electron chi connectivity index (χ0n) is 15.4. The number of benzene rings is 2. The van der Waals surface area contributed by atoms with E-state index in [1.165, 1.54) is 12.1 Å². The Labute approximate surface area is 180 Å². The number of para-hydroxylation sites is 1. The van der Waals surface area contributed by atoms with Crippen LogP contribution in [0.15, 0.2) is 53.4 Å². The third kappa shape index (κ3) is 5.19. The molecule has 30 heavy (non-hydrogen) atoms. The van der Waals surface area contributed by atoms with Crippen LogP contribution in [0.1, 0.15) is 22.3 Å². The van der Waals surface area contributed by atoms with Gasteiger partial charge in [-0.05, 0) is 47.7 Å². The zero-order chi connectivity index (χ0) is 21.7. The summed E-state index contributed by atoms with van der Waals surface area (Å²) >= 11 is 6.62. The molecular weight excluding hydrogens is 430 g/mol. The second-order valence-corrected chi connectivity index (χ2v) is 7.58. The summed E-state index contributed by atoms with van der Waals surface area (Å²) in [5, 5.41) is 9.70. The van der Waals surface area contributed by atoms with Crippen LogP contribution in [-0.2, 0) is 9.59 Å². The van der Waals surface area contributed by atoms with Crippen LogP contribution in [0.2, 0.25) is 5.02 Å². The SMILES string of the molecule is O=C(CCN1C(=O)S/C(=C\c2ccc(Cl)cc2)C1=O)NNC(=O)c1ccccc1O. The van der Waals surface area contributed by atoms with Crippen LogP contribution in [0.4, 0.5) is 4.79 Å². The first-order chi connectivity index (χ1) is 14.3. The number of nitrogens with zero attached hydrogens (tertiary/aromatic N) is 1. The Kier molecular flexibility index (Phi) is 6.76. The Bertz CT molecular complexity index is 1040. The molecule has 0 aliphatic carbocycles. The van der Waals surface area contributed by atoms with Gasteiger partial charge >= 0.3 is 0 Å². The highest BCUT2D eigenvalue weighted by molar-refractivity contribution is 8.18. The molecule has 154 valence electrons. The van der Waals surface area contributed by atoms with Gasteiger partial charge in [-0.2, -0.15) is 0 Å². The first-order valence-corrected chi connectivity index (χ1v) is 9.92. The number of phenolic OH excluding ortho intramolecular Hbond substituents is 1. The number of halogens is 1. The van der Waals surface area contributed by atoms with Crippen molar-refractivity contribution >= 4 is 52.4 Å². The summed E-state index contributed by atoms with van der Waals surface area (Å²) in [4.78, 5) is 49.7. The lowest BCUT2D eigenvalue weighted by molar-refractivity contribution is -0.124. The number of carbonyl (C=O) groups excluding carboxylic acids is 4. The smallest absolute Gasteiger partial charge is 0.293 e. The predicted molar refractivity (Wildman–Crippen MR) is 112 cm³/mol. The molecule has 0 unspecified atom stereocenters. The van der Waals surface area contributed by atoms with Crippen molar-refractivity contribution in [3.05, 3.63) is 69.6 Å². The Morgan fingerprint density at radius 3 is 2.47 bits per heavy atom. The minimum absolute atomic E-state index is 0.00363. The van der Waals surface area contributed by atoms with Gasteiger partial charge in [0.25, 0.3) is 17.1 Å². The number of carbonyl (C=O) groups is 4. The topological polar surface area (TPSA) is 116 Å². The Balaban J connectivity index is 1.52. The van der Waals surface area contributed by atoms with E-state index in [9.17, 15) is 24.3 Å². The average molecular weight is 446 g/mol. The van der Waals surface area contributed by atoms with Gasteiger partial charge < -0.3 is 5.11 Å². The molecule has 0 saturated carbocycles. The lowest BCUT2D eigenvalue weighted by Gasteiger charge is -2.13. The van der Waals surface area contributed by atoms with Crippen LogP contribution >= 0.6 is 23.4 Å². The van der Waals surface area contributed by atoms with Crippen LogP contribution < -0.4 is 10.9 Å². The third-order valence-corrected chi connectivity index (χ3v) is 5.23. The van der Waals surface area contributed by atoms with Crippen LogP contribution in [0.25, 0.3) is 6.08 Å². The summed E-state index contributed by atoms with van der Waals surface area (Å²) in [6, 6.07) is 12.6. The molecule has 2 aromatic carbocycles. The molecule has 1 saturated heterocycles. The fourth-order valence-electron chi connectivity index (χ4n) is 2.54. The van der Waals surface area contributed by atoms with Gasteiger partial charge in [-0.3, -0.25) is 34.9 Å². The first-order valence-electron chi connectivity index (χ1n) is 8.73. The number of hydrogen-bond donors (Lipinski definition) is 3. The first kappa shape index (κ1) is 21.4. The largest absolute Gasteiger partial charge is 0.507 e. The van der Waals surface area contributed by atoms with Crippen molar-refractivity contribution in [3.63, 3.8) is 0 Å². The number of phenols is 1. The Morgan fingerprint density at radius 2 is 1.77 bits per heavy atom. The van der Waals surface area contributed by atoms with Crippen molar-refractivity contribution in [2.75, 3.05) is 6.54 Å². The van der Waals surface area contributed by atoms with Gasteiger partial charge in [0.1, 0.15) is 5.75 Å². The van der Waals surface area contributed by atoms with Crippen LogP contribution in [0.5, 0.6) is 5.75 Å². The number of thioether (sulfide) groups is 1. The molecule has 8 nitrogen and oxygen atoms in total. The van der Waals surface area contributed by atoms with E-state index in [0.29, 0.717) is 5.02 Å². The summed E-state index contributed by atoms with van der Waals surface area (Å²) in [6.45, 7) is -0.138. The maximum absolute atomic E-state index is 12.4. The van der Waals surface area contributed by atoms with Crippen LogP contribution in [-0.4, -0.2) is 39.5 Å². The minimum Gasteiger partial charge on any atom is -0.507 e. The molecule has 0 bridgehead atoms. The number of aromatic hydroxyl groups is 1. The number of rotatable bonds is 5. The number of hydrazine groups is 1. The molecule has 1 aliphatic rings. The van der Waals surface area contributed by atoms with Crippen LogP contribution in [0.3, 0.4) is 0 Å². The maximum atomic E-state index is 12.4. The number of amides is 4. The van der Waals surface area contributed by atoms with E-state index in [4.69, 9.17) is 11.6 Å². The van der Waals surface area contributed by atoms with Crippen molar-refractivity contribution in [2.24, 2.45) is 0 Å². The molecule has 2 aromatic rings. The van der Waals surface area contributed by atoms with E-state index >= 15 is 0 Å². The summed E-state index contributed by atoms with van der Waals surface area (Å²) in [6.07, 6.45) is 1.38. The normalized spacial score (nSPS) is 14.8. The predicted octanol–water partition coefficient (Wildman–Crippen LogP) is 2.93. The van der Waals surface area contributed by atoms with Gasteiger partial charge in [0, 0.05) is 18.0 Å². The molecule has 3 rings (SSSR count). The van der Waals surface area contributed by atoms with Gasteiger partial charge in [0.2, 0.25) is 5.91 Å². The minimum atomic E-state index is -0.696. The Hall–Kier alpha value is -3.30. The standard InChI is InChI=1S/C20H16ClN3O5S/c21-13-7-5-12(6-8-13)11-16-19(28)24(20(29)30-16)10-9-17(26)22-23-18(27)14-3-1-2-4-15(14)25/h1-8,11,25H,9-10H2,(H,22,26)(H,23,27)/b16-11-. The van der Waals surface area contributed by atoms with Gasteiger partial charge in [0.05, 0.1) is 10.5 Å². The van der Waals surface area contributed by atoms with Gasteiger partial charge in [-0.25, -0.2) is 0 Å². The van der Waals surface area contributed by atoms with E-state index in [-0.39, 0.29) is 29.2 Å². The van der Waals surface area contributed by atoms with E-state index in [1.54, 1.807) is 42.5 Å². The van der Waals surface area contributed by atoms with Gasteiger partial charge in [0.15, 0.2) is 0 Å². The van der Waals surface area contributed by atoms with E-state index in [0.717, 1.165) is 22.2 Å². The molecular formula is C20H16ClN3O5S. The van der Waals surface area contributed by atoms with Gasteiger partial charge in [-0.15, -0.1) is 0 Å². The summed E-state index contributed by atoms with van der Waals surface area (Å²) in [7, 11) is 0. The molecule has 10 heteroatoms. The molecule has 4 amide bonds. The zero-order valence-corrected chi connectivity index (χ0v) is 17.0. The molecule has 0 aromatic heterocycles. The average Bonchev–Trinajstić information content (AvgIpc) is 2.99. The fraction of sp³-hybridized carbons (Fsp3) is 0.100. The molecule has 1 fully saturated rings. The van der Waals surface area contributed by atoms with Crippen molar-refractivity contribution in [2.45, 2.75) is 6.42 Å². The van der Waals surface area contributed by atoms with Crippen molar-refractivity contribution in [1.82, 2.24) is 15.8 Å². The summed E-state index contributed by atoms with van der Waals surface area (Å²) in [5.74, 6) is -2.02. The molecule has 1 heterocycles.